The Labute approximate surface area is 149 Å². The van der Waals surface area contributed by atoms with Gasteiger partial charge in [-0.25, -0.2) is 4.98 Å². The van der Waals surface area contributed by atoms with E-state index in [1.165, 1.54) is 6.42 Å². The van der Waals surface area contributed by atoms with Crippen molar-refractivity contribution in [2.45, 2.75) is 44.2 Å². The van der Waals surface area contributed by atoms with Gasteiger partial charge in [-0.3, -0.25) is 4.79 Å². The number of amides is 1. The van der Waals surface area contributed by atoms with Crippen molar-refractivity contribution in [3.05, 3.63) is 23.4 Å². The number of carbonyl (C=O) groups is 1. The quantitative estimate of drug-likeness (QED) is 0.906. The van der Waals surface area contributed by atoms with Gasteiger partial charge < -0.3 is 15.1 Å². The number of aromatic nitrogens is 1. The molecule has 2 atom stereocenters. The lowest BCUT2D eigenvalue weighted by Crippen LogP contribution is -2.43. The van der Waals surface area contributed by atoms with E-state index in [-0.39, 0.29) is 11.8 Å². The van der Waals surface area contributed by atoms with E-state index in [1.807, 2.05) is 12.1 Å². The van der Waals surface area contributed by atoms with E-state index in [4.69, 9.17) is 11.6 Å². The van der Waals surface area contributed by atoms with Gasteiger partial charge in [0.05, 0.1) is 5.02 Å². The molecule has 1 N–H and O–H groups in total. The fourth-order valence-corrected chi connectivity index (χ4v) is 3.91. The Kier molecular flexibility index (Phi) is 5.61. The molecule has 0 spiro atoms. The lowest BCUT2D eigenvalue weighted by molar-refractivity contribution is -0.126. The van der Waals surface area contributed by atoms with E-state index in [1.54, 1.807) is 6.20 Å². The molecule has 0 unspecified atom stereocenters. The first-order valence-electron chi connectivity index (χ1n) is 8.86. The van der Waals surface area contributed by atoms with E-state index < -0.39 is 0 Å². The van der Waals surface area contributed by atoms with Crippen LogP contribution in [0.1, 0.15) is 32.1 Å². The molecule has 1 aromatic rings. The van der Waals surface area contributed by atoms with Crippen molar-refractivity contribution in [2.24, 2.45) is 5.92 Å². The van der Waals surface area contributed by atoms with Crippen molar-refractivity contribution in [3.8, 4) is 0 Å². The Morgan fingerprint density at radius 3 is 2.58 bits per heavy atom. The Morgan fingerprint density at radius 2 is 2.00 bits per heavy atom. The van der Waals surface area contributed by atoms with Crippen LogP contribution in [0.3, 0.4) is 0 Å². The highest BCUT2D eigenvalue weighted by Gasteiger charge is 2.31. The van der Waals surface area contributed by atoms with Crippen LogP contribution in [0.15, 0.2) is 18.3 Å². The second-order valence-electron chi connectivity index (χ2n) is 7.23. The lowest BCUT2D eigenvalue weighted by Gasteiger charge is -2.32. The number of nitrogens with zero attached hydrogens (tertiary/aromatic N) is 3. The molecular weight excluding hydrogens is 324 g/mol. The van der Waals surface area contributed by atoms with Gasteiger partial charge in [-0.15, -0.1) is 0 Å². The average molecular weight is 351 g/mol. The van der Waals surface area contributed by atoms with Crippen molar-refractivity contribution < 1.29 is 4.79 Å². The van der Waals surface area contributed by atoms with E-state index in [2.05, 4.69) is 34.2 Å². The zero-order valence-corrected chi connectivity index (χ0v) is 15.3. The molecule has 1 saturated heterocycles. The number of rotatable bonds is 4. The van der Waals surface area contributed by atoms with Crippen LogP contribution in [-0.2, 0) is 4.79 Å². The molecule has 5 nitrogen and oxygen atoms in total. The summed E-state index contributed by atoms with van der Waals surface area (Å²) in [5, 5.41) is 3.93. The molecule has 1 aliphatic heterocycles. The minimum absolute atomic E-state index is 0.131. The number of nitrogens with one attached hydrogen (secondary N) is 1. The number of hydrogen-bond acceptors (Lipinski definition) is 4. The molecular formula is C18H27ClN4O. The van der Waals surface area contributed by atoms with Crippen LogP contribution in [0, 0.1) is 5.92 Å². The molecule has 1 aromatic heterocycles. The Morgan fingerprint density at radius 1 is 1.25 bits per heavy atom. The van der Waals surface area contributed by atoms with Gasteiger partial charge in [0.25, 0.3) is 0 Å². The first kappa shape index (κ1) is 17.5. The van der Waals surface area contributed by atoms with Crippen molar-refractivity contribution in [3.63, 3.8) is 0 Å². The predicted octanol–water partition coefficient (Wildman–Crippen LogP) is 2.55. The normalized spacial score (nSPS) is 25.2. The van der Waals surface area contributed by atoms with E-state index in [9.17, 15) is 4.79 Å². The van der Waals surface area contributed by atoms with Crippen molar-refractivity contribution in [1.82, 2.24) is 15.2 Å². The summed E-state index contributed by atoms with van der Waals surface area (Å²) in [7, 11) is 4.24. The zero-order valence-electron chi connectivity index (χ0n) is 14.5. The zero-order chi connectivity index (χ0) is 17.1. The number of piperidine rings is 1. The van der Waals surface area contributed by atoms with Crippen LogP contribution in [-0.4, -0.2) is 55.1 Å². The third-order valence-electron chi connectivity index (χ3n) is 5.38. The minimum atomic E-state index is 0.131. The van der Waals surface area contributed by atoms with E-state index in [0.29, 0.717) is 17.1 Å². The summed E-state index contributed by atoms with van der Waals surface area (Å²) in [5.41, 5.74) is 0. The molecule has 1 aliphatic carbocycles. The molecule has 0 bridgehead atoms. The Hall–Kier alpha value is -1.33. The molecule has 1 saturated carbocycles. The summed E-state index contributed by atoms with van der Waals surface area (Å²) >= 11 is 5.89. The maximum atomic E-state index is 12.5. The van der Waals surface area contributed by atoms with Gasteiger partial charge in [-0.1, -0.05) is 11.6 Å². The van der Waals surface area contributed by atoms with E-state index in [0.717, 1.165) is 44.6 Å². The molecule has 2 heterocycles. The molecule has 132 valence electrons. The SMILES string of the molecule is CN(C)[C@@H]1CC[C@@H](NC(=O)C2CCN(c3ccc(Cl)cn3)CC2)C1. The fourth-order valence-electron chi connectivity index (χ4n) is 3.80. The molecule has 0 radical (unpaired) electrons. The summed E-state index contributed by atoms with van der Waals surface area (Å²) in [5.74, 6) is 1.32. The van der Waals surface area contributed by atoms with Gasteiger partial charge in [-0.2, -0.15) is 0 Å². The van der Waals surface area contributed by atoms with Gasteiger partial charge in [0, 0.05) is 37.3 Å². The summed E-state index contributed by atoms with van der Waals surface area (Å²) in [6.07, 6.45) is 6.81. The van der Waals surface area contributed by atoms with Gasteiger partial charge in [-0.05, 0) is 58.3 Å². The topological polar surface area (TPSA) is 48.5 Å². The van der Waals surface area contributed by atoms with Gasteiger partial charge in [0.1, 0.15) is 5.82 Å². The Bertz CT molecular complexity index is 555. The summed E-state index contributed by atoms with van der Waals surface area (Å²) in [4.78, 5) is 21.4. The molecule has 1 amide bonds. The number of halogens is 1. The lowest BCUT2D eigenvalue weighted by atomic mass is 9.95. The van der Waals surface area contributed by atoms with Crippen LogP contribution >= 0.6 is 11.6 Å². The van der Waals surface area contributed by atoms with Crippen molar-refractivity contribution in [1.29, 1.82) is 0 Å². The number of carbonyl (C=O) groups excluding carboxylic acids is 1. The summed E-state index contributed by atoms with van der Waals surface area (Å²) < 4.78 is 0. The predicted molar refractivity (Wildman–Crippen MR) is 97.4 cm³/mol. The highest BCUT2D eigenvalue weighted by atomic mass is 35.5. The fraction of sp³-hybridized carbons (Fsp3) is 0.667. The van der Waals surface area contributed by atoms with Crippen LogP contribution in [0.2, 0.25) is 5.02 Å². The average Bonchev–Trinajstić information content (AvgIpc) is 3.04. The largest absolute Gasteiger partial charge is 0.357 e. The van der Waals surface area contributed by atoms with Crippen LogP contribution in [0.25, 0.3) is 0 Å². The monoisotopic (exact) mass is 350 g/mol. The van der Waals surface area contributed by atoms with Gasteiger partial charge >= 0.3 is 0 Å². The summed E-state index contributed by atoms with van der Waals surface area (Å²) in [6, 6.07) is 4.76. The van der Waals surface area contributed by atoms with Crippen molar-refractivity contribution >= 4 is 23.3 Å². The van der Waals surface area contributed by atoms with Crippen LogP contribution in [0.5, 0.6) is 0 Å². The number of pyridine rings is 1. The molecule has 3 rings (SSSR count). The third-order valence-corrected chi connectivity index (χ3v) is 5.61. The minimum Gasteiger partial charge on any atom is -0.357 e. The number of hydrogen-bond donors (Lipinski definition) is 1. The first-order valence-corrected chi connectivity index (χ1v) is 9.24. The first-order chi connectivity index (χ1) is 11.5. The van der Waals surface area contributed by atoms with Crippen LogP contribution in [0.4, 0.5) is 5.82 Å². The van der Waals surface area contributed by atoms with Crippen LogP contribution < -0.4 is 10.2 Å². The third kappa shape index (κ3) is 4.19. The smallest absolute Gasteiger partial charge is 0.223 e. The van der Waals surface area contributed by atoms with Gasteiger partial charge in [0.2, 0.25) is 5.91 Å². The molecule has 6 heteroatoms. The molecule has 2 fully saturated rings. The second kappa shape index (κ2) is 7.70. The maximum Gasteiger partial charge on any atom is 0.223 e. The highest BCUT2D eigenvalue weighted by molar-refractivity contribution is 6.30. The van der Waals surface area contributed by atoms with Gasteiger partial charge in [0.15, 0.2) is 0 Å². The van der Waals surface area contributed by atoms with E-state index >= 15 is 0 Å². The highest BCUT2D eigenvalue weighted by Crippen LogP contribution is 2.25. The summed E-state index contributed by atoms with van der Waals surface area (Å²) in [6.45, 7) is 1.75. The molecule has 0 aromatic carbocycles. The van der Waals surface area contributed by atoms with Crippen molar-refractivity contribution in [2.75, 3.05) is 32.1 Å². The molecule has 2 aliphatic rings. The maximum absolute atomic E-state index is 12.5. The second-order valence-corrected chi connectivity index (χ2v) is 7.67. The number of anilines is 1. The Balaban J connectivity index is 1.46. The standard InChI is InChI=1S/C18H27ClN4O/c1-22(2)16-5-4-15(11-16)21-18(24)13-7-9-23(10-8-13)17-6-3-14(19)12-20-17/h3,6,12-13,15-16H,4-5,7-11H2,1-2H3,(H,21,24)/t15-,16-/m1/s1. The molecule has 24 heavy (non-hydrogen) atoms.